The second-order valence-electron chi connectivity index (χ2n) is 6.31. The average Bonchev–Trinajstić information content (AvgIpc) is 2.77. The van der Waals surface area contributed by atoms with Crippen molar-refractivity contribution < 1.29 is 14.3 Å². The normalized spacial score (nSPS) is 10.3. The number of amides is 1. The molecule has 0 saturated heterocycles. The molecule has 0 atom stereocenters. The molecule has 3 rings (SSSR count). The molecule has 0 spiro atoms. The van der Waals surface area contributed by atoms with Gasteiger partial charge in [0.25, 0.3) is 5.91 Å². The molecule has 2 aromatic carbocycles. The van der Waals surface area contributed by atoms with Gasteiger partial charge in [-0.3, -0.25) is 4.79 Å². The molecular weight excluding hydrogens is 368 g/mol. The van der Waals surface area contributed by atoms with Gasteiger partial charge in [0.15, 0.2) is 11.5 Å². The van der Waals surface area contributed by atoms with Crippen molar-refractivity contribution in [1.82, 2.24) is 15.3 Å². The van der Waals surface area contributed by atoms with E-state index in [1.54, 1.807) is 38.6 Å². The molecule has 0 saturated carbocycles. The molecule has 1 heterocycles. The maximum absolute atomic E-state index is 12.4. The van der Waals surface area contributed by atoms with E-state index < -0.39 is 0 Å². The Bertz CT molecular complexity index is 948. The number of hydrogen-bond donors (Lipinski definition) is 2. The van der Waals surface area contributed by atoms with Crippen molar-refractivity contribution in [3.05, 3.63) is 72.1 Å². The second-order valence-corrected chi connectivity index (χ2v) is 6.31. The molecule has 0 aliphatic heterocycles. The smallest absolute Gasteiger partial charge is 0.270 e. The van der Waals surface area contributed by atoms with Crippen LogP contribution < -0.4 is 20.1 Å². The Kier molecular flexibility index (Phi) is 7.00. The van der Waals surface area contributed by atoms with Gasteiger partial charge >= 0.3 is 0 Å². The first-order valence-electron chi connectivity index (χ1n) is 9.34. The third-order valence-electron chi connectivity index (χ3n) is 4.30. The van der Waals surface area contributed by atoms with E-state index in [0.29, 0.717) is 29.7 Å². The quantitative estimate of drug-likeness (QED) is 0.541. The molecule has 0 radical (unpaired) electrons. The summed E-state index contributed by atoms with van der Waals surface area (Å²) in [6.07, 6.45) is 3.32. The Hall–Kier alpha value is -3.61. The monoisotopic (exact) mass is 392 g/mol. The summed E-state index contributed by atoms with van der Waals surface area (Å²) in [5, 5.41) is 5.98. The molecule has 1 amide bonds. The fourth-order valence-corrected chi connectivity index (χ4v) is 2.82. The Balaban J connectivity index is 1.56. The minimum absolute atomic E-state index is 0.226. The highest BCUT2D eigenvalue weighted by Crippen LogP contribution is 2.30. The van der Waals surface area contributed by atoms with Crippen LogP contribution in [0.1, 0.15) is 22.5 Å². The van der Waals surface area contributed by atoms with Gasteiger partial charge in [-0.25, -0.2) is 9.97 Å². The van der Waals surface area contributed by atoms with Crippen LogP contribution in [0.25, 0.3) is 0 Å². The van der Waals surface area contributed by atoms with Crippen LogP contribution in [-0.2, 0) is 6.42 Å². The predicted molar refractivity (Wildman–Crippen MR) is 112 cm³/mol. The highest BCUT2D eigenvalue weighted by Gasteiger charge is 2.10. The lowest BCUT2D eigenvalue weighted by molar-refractivity contribution is 0.0948. The summed E-state index contributed by atoms with van der Waals surface area (Å²) in [6, 6.07) is 17.2. The van der Waals surface area contributed by atoms with Gasteiger partial charge in [-0.05, 0) is 36.6 Å². The van der Waals surface area contributed by atoms with Gasteiger partial charge < -0.3 is 20.1 Å². The lowest BCUT2D eigenvalue weighted by Gasteiger charge is -2.11. The van der Waals surface area contributed by atoms with Crippen LogP contribution >= 0.6 is 0 Å². The van der Waals surface area contributed by atoms with E-state index in [1.807, 2.05) is 24.3 Å². The number of ether oxygens (including phenoxy) is 2. The fraction of sp³-hybridized carbons (Fsp3) is 0.227. The zero-order chi connectivity index (χ0) is 20.5. The van der Waals surface area contributed by atoms with Gasteiger partial charge in [0.05, 0.1) is 14.2 Å². The average molecular weight is 392 g/mol. The number of carbonyl (C=O) groups is 1. The maximum atomic E-state index is 12.4. The molecular formula is C22H24N4O3. The third-order valence-corrected chi connectivity index (χ3v) is 4.30. The highest BCUT2D eigenvalue weighted by molar-refractivity contribution is 5.92. The van der Waals surface area contributed by atoms with Gasteiger partial charge in [0.2, 0.25) is 5.95 Å². The van der Waals surface area contributed by atoms with E-state index in [9.17, 15) is 4.79 Å². The molecule has 7 nitrogen and oxygen atoms in total. The van der Waals surface area contributed by atoms with Crippen molar-refractivity contribution in [3.8, 4) is 11.5 Å². The van der Waals surface area contributed by atoms with Gasteiger partial charge in [-0.15, -0.1) is 0 Å². The van der Waals surface area contributed by atoms with Crippen molar-refractivity contribution in [3.63, 3.8) is 0 Å². The number of benzene rings is 2. The largest absolute Gasteiger partial charge is 0.493 e. The van der Waals surface area contributed by atoms with Crippen LogP contribution in [0.5, 0.6) is 11.5 Å². The first-order valence-corrected chi connectivity index (χ1v) is 9.34. The number of aryl methyl sites for hydroxylation is 1. The summed E-state index contributed by atoms with van der Waals surface area (Å²) in [7, 11) is 3.15. The second kappa shape index (κ2) is 10.1. The molecule has 0 aliphatic rings. The van der Waals surface area contributed by atoms with E-state index in [4.69, 9.17) is 9.47 Å². The van der Waals surface area contributed by atoms with Gasteiger partial charge in [-0.1, -0.05) is 30.3 Å². The number of nitrogens with one attached hydrogen (secondary N) is 2. The fourth-order valence-electron chi connectivity index (χ4n) is 2.82. The maximum Gasteiger partial charge on any atom is 0.270 e. The summed E-state index contributed by atoms with van der Waals surface area (Å²) in [4.78, 5) is 20.9. The summed E-state index contributed by atoms with van der Waals surface area (Å²) in [5.41, 5.74) is 2.29. The van der Waals surface area contributed by atoms with Crippen LogP contribution in [0.2, 0.25) is 0 Å². The summed E-state index contributed by atoms with van der Waals surface area (Å²) in [5.74, 6) is 1.32. The minimum atomic E-state index is -0.226. The van der Waals surface area contributed by atoms with E-state index in [2.05, 4.69) is 32.7 Å². The molecule has 1 aromatic heterocycles. The third kappa shape index (κ3) is 5.68. The number of rotatable bonds is 9. The van der Waals surface area contributed by atoms with Crippen LogP contribution in [0.3, 0.4) is 0 Å². The van der Waals surface area contributed by atoms with Crippen LogP contribution in [0.4, 0.5) is 11.6 Å². The van der Waals surface area contributed by atoms with Gasteiger partial charge in [-0.2, -0.15) is 0 Å². The summed E-state index contributed by atoms with van der Waals surface area (Å²) < 4.78 is 10.5. The van der Waals surface area contributed by atoms with E-state index in [-0.39, 0.29) is 5.91 Å². The highest BCUT2D eigenvalue weighted by atomic mass is 16.5. The van der Waals surface area contributed by atoms with Crippen molar-refractivity contribution >= 4 is 17.5 Å². The van der Waals surface area contributed by atoms with Crippen molar-refractivity contribution in [2.45, 2.75) is 12.8 Å². The Labute approximate surface area is 170 Å². The molecule has 0 aliphatic carbocycles. The Morgan fingerprint density at radius 1 is 1.00 bits per heavy atom. The van der Waals surface area contributed by atoms with Crippen molar-refractivity contribution in [2.75, 3.05) is 26.1 Å². The van der Waals surface area contributed by atoms with E-state index >= 15 is 0 Å². The minimum Gasteiger partial charge on any atom is -0.493 e. The van der Waals surface area contributed by atoms with Crippen LogP contribution in [0, 0.1) is 0 Å². The lowest BCUT2D eigenvalue weighted by Crippen LogP contribution is -2.26. The molecule has 150 valence electrons. The van der Waals surface area contributed by atoms with Gasteiger partial charge in [0.1, 0.15) is 5.69 Å². The predicted octanol–water partition coefficient (Wildman–Crippen LogP) is 3.60. The van der Waals surface area contributed by atoms with Gasteiger partial charge in [0, 0.05) is 24.5 Å². The molecule has 0 unspecified atom stereocenters. The SMILES string of the molecule is COc1ccc(Nc2nccc(C(=O)NCCCc3ccccc3)n2)cc1OC. The van der Waals surface area contributed by atoms with Crippen molar-refractivity contribution in [1.29, 1.82) is 0 Å². The Morgan fingerprint density at radius 2 is 1.79 bits per heavy atom. The number of hydrogen-bond acceptors (Lipinski definition) is 6. The number of methoxy groups -OCH3 is 2. The number of carbonyl (C=O) groups excluding carboxylic acids is 1. The lowest BCUT2D eigenvalue weighted by atomic mass is 10.1. The first-order chi connectivity index (χ1) is 14.2. The summed E-state index contributed by atoms with van der Waals surface area (Å²) in [6.45, 7) is 0.580. The van der Waals surface area contributed by atoms with Crippen LogP contribution in [0.15, 0.2) is 60.8 Å². The molecule has 7 heteroatoms. The number of aromatic nitrogens is 2. The molecule has 29 heavy (non-hydrogen) atoms. The standard InChI is InChI=1S/C22H24N4O3/c1-28-19-11-10-17(15-20(19)29-2)25-22-24-14-12-18(26-22)21(27)23-13-6-9-16-7-4-3-5-8-16/h3-5,7-8,10-12,14-15H,6,9,13H2,1-2H3,(H,23,27)(H,24,25,26). The topological polar surface area (TPSA) is 85.4 Å². The Morgan fingerprint density at radius 3 is 2.55 bits per heavy atom. The molecule has 0 fully saturated rings. The molecule has 3 aromatic rings. The zero-order valence-electron chi connectivity index (χ0n) is 16.5. The summed E-state index contributed by atoms with van der Waals surface area (Å²) >= 11 is 0. The van der Waals surface area contributed by atoms with Crippen molar-refractivity contribution in [2.24, 2.45) is 0 Å². The number of nitrogens with zero attached hydrogens (tertiary/aromatic N) is 2. The van der Waals surface area contributed by atoms with Crippen LogP contribution in [-0.4, -0.2) is 36.6 Å². The molecule has 2 N–H and O–H groups in total. The van der Waals surface area contributed by atoms with E-state index in [1.165, 1.54) is 5.56 Å². The first kappa shape index (κ1) is 20.1. The number of anilines is 2. The van der Waals surface area contributed by atoms with E-state index in [0.717, 1.165) is 18.5 Å². The molecule has 0 bridgehead atoms. The zero-order valence-corrected chi connectivity index (χ0v) is 16.5.